The van der Waals surface area contributed by atoms with Gasteiger partial charge in [0.05, 0.1) is 35.8 Å². The van der Waals surface area contributed by atoms with Crippen LogP contribution in [0.2, 0.25) is 0 Å². The predicted octanol–water partition coefficient (Wildman–Crippen LogP) is 5.89. The van der Waals surface area contributed by atoms with E-state index in [2.05, 4.69) is 34.2 Å². The summed E-state index contributed by atoms with van der Waals surface area (Å²) in [4.78, 5) is 25.7. The van der Waals surface area contributed by atoms with Crippen molar-refractivity contribution in [2.24, 2.45) is 0 Å². The van der Waals surface area contributed by atoms with Crippen molar-refractivity contribution in [1.82, 2.24) is 24.6 Å². The Hall–Kier alpha value is -5.26. The molecule has 0 N–H and O–H groups in total. The van der Waals surface area contributed by atoms with E-state index in [0.29, 0.717) is 30.8 Å². The van der Waals surface area contributed by atoms with Gasteiger partial charge in [0.2, 0.25) is 15.7 Å². The number of fused-ring (bicyclic) bond motifs is 4. The normalized spacial score (nSPS) is 20.7. The molecule has 268 valence electrons. The van der Waals surface area contributed by atoms with Crippen molar-refractivity contribution in [3.63, 3.8) is 0 Å². The van der Waals surface area contributed by atoms with Gasteiger partial charge in [-0.25, -0.2) is 22.9 Å². The molecule has 0 aliphatic carbocycles. The van der Waals surface area contributed by atoms with Crippen molar-refractivity contribution in [2.45, 2.75) is 68.7 Å². The number of hydrogen-bond acceptors (Lipinski definition) is 11. The van der Waals surface area contributed by atoms with Crippen LogP contribution in [0.15, 0.2) is 72.0 Å². The number of rotatable bonds is 7. The van der Waals surface area contributed by atoms with Crippen LogP contribution in [0.3, 0.4) is 0 Å². The Balaban J connectivity index is 1.09. The average molecular weight is 722 g/mol. The van der Waals surface area contributed by atoms with Crippen LogP contribution < -0.4 is 9.64 Å². The number of ether oxygens (including phenoxy) is 3. The van der Waals surface area contributed by atoms with Gasteiger partial charge in [0.25, 0.3) is 5.16 Å². The van der Waals surface area contributed by atoms with Crippen LogP contribution in [-0.2, 0) is 32.3 Å². The molecule has 2 saturated heterocycles. The zero-order valence-corrected chi connectivity index (χ0v) is 29.7. The van der Waals surface area contributed by atoms with Crippen molar-refractivity contribution in [3.05, 3.63) is 83.6 Å². The lowest BCUT2D eigenvalue weighted by molar-refractivity contribution is -0.0366. The second-order valence-corrected chi connectivity index (χ2v) is 15.5. The summed E-state index contributed by atoms with van der Waals surface area (Å²) in [5, 5.41) is 17.2. The fourth-order valence-corrected chi connectivity index (χ4v) is 8.09. The minimum atomic E-state index is -3.82. The zero-order valence-electron chi connectivity index (χ0n) is 28.8. The summed E-state index contributed by atoms with van der Waals surface area (Å²) in [7, 11) is -3.82. The van der Waals surface area contributed by atoms with E-state index in [4.69, 9.17) is 19.3 Å². The summed E-state index contributed by atoms with van der Waals surface area (Å²) in [6.07, 6.45) is 6.22. The van der Waals surface area contributed by atoms with E-state index >= 15 is 0 Å². The number of benzene rings is 3. The van der Waals surface area contributed by atoms with Crippen LogP contribution in [0.25, 0.3) is 21.7 Å². The Labute approximate surface area is 301 Å². The maximum absolute atomic E-state index is 13.2. The molecule has 3 atom stereocenters. The number of nitriles is 1. The van der Waals surface area contributed by atoms with Gasteiger partial charge >= 0.3 is 6.09 Å². The monoisotopic (exact) mass is 721 g/mol. The quantitative estimate of drug-likeness (QED) is 0.185. The first kappa shape index (κ1) is 33.9. The minimum Gasteiger partial charge on any atom is -0.469 e. The first-order chi connectivity index (χ1) is 25.3. The highest BCUT2D eigenvalue weighted by Gasteiger charge is 2.36. The van der Waals surface area contributed by atoms with Crippen LogP contribution in [0.5, 0.6) is 5.88 Å². The van der Waals surface area contributed by atoms with Gasteiger partial charge in [0.1, 0.15) is 18.5 Å². The van der Waals surface area contributed by atoms with Crippen molar-refractivity contribution in [1.29, 1.82) is 5.26 Å². The molecule has 2 fully saturated rings. The smallest absolute Gasteiger partial charge is 0.410 e. The van der Waals surface area contributed by atoms with Crippen molar-refractivity contribution in [3.8, 4) is 11.9 Å². The van der Waals surface area contributed by atoms with Gasteiger partial charge in [0.15, 0.2) is 6.23 Å². The highest BCUT2D eigenvalue weighted by molar-refractivity contribution is 7.90. The van der Waals surface area contributed by atoms with E-state index in [0.717, 1.165) is 64.9 Å². The lowest BCUT2D eigenvalue weighted by atomic mass is 9.93. The van der Waals surface area contributed by atoms with E-state index in [1.807, 2.05) is 58.2 Å². The average Bonchev–Trinajstić information content (AvgIpc) is 3.61. The Morgan fingerprint density at radius 2 is 1.90 bits per heavy atom. The Kier molecular flexibility index (Phi) is 9.15. The number of nitrogens with zero attached hydrogens (tertiary/aromatic N) is 7. The molecular weight excluding hydrogens is 683 g/mol. The van der Waals surface area contributed by atoms with E-state index in [1.54, 1.807) is 4.90 Å². The van der Waals surface area contributed by atoms with Crippen molar-refractivity contribution < 1.29 is 27.4 Å². The number of piperazine rings is 1. The molecule has 0 saturated carbocycles. The molecule has 0 spiro atoms. The number of anilines is 1. The van der Waals surface area contributed by atoms with E-state index in [-0.39, 0.29) is 43.4 Å². The summed E-state index contributed by atoms with van der Waals surface area (Å²) in [5.74, 6) is 0.664. The van der Waals surface area contributed by atoms with Gasteiger partial charge in [-0.3, -0.25) is 0 Å². The highest BCUT2D eigenvalue weighted by atomic mass is 32.2. The van der Waals surface area contributed by atoms with Gasteiger partial charge in [-0.2, -0.15) is 15.3 Å². The molecule has 3 aromatic carbocycles. The second kappa shape index (κ2) is 14.0. The van der Waals surface area contributed by atoms with Gasteiger partial charge in [0, 0.05) is 43.4 Å². The third kappa shape index (κ3) is 6.50. The zero-order chi connectivity index (χ0) is 35.8. The number of sulfone groups is 1. The molecule has 14 heteroatoms. The third-order valence-corrected chi connectivity index (χ3v) is 11.0. The molecule has 0 radical (unpaired) electrons. The van der Waals surface area contributed by atoms with Gasteiger partial charge < -0.3 is 24.0 Å². The summed E-state index contributed by atoms with van der Waals surface area (Å²) in [6.45, 7) is 1.72. The molecule has 0 bridgehead atoms. The fraction of sp³-hybridized carbons (Fsp3) is 0.395. The van der Waals surface area contributed by atoms with Crippen LogP contribution in [0.4, 0.5) is 10.6 Å². The van der Waals surface area contributed by atoms with E-state index in [1.165, 1.54) is 0 Å². The fourth-order valence-electron chi connectivity index (χ4n) is 7.59. The molecule has 2 unspecified atom stereocenters. The van der Waals surface area contributed by atoms with Crippen LogP contribution in [-0.4, -0.2) is 77.7 Å². The molecule has 2 aromatic heterocycles. The first-order valence-corrected chi connectivity index (χ1v) is 19.5. The molecule has 3 aliphatic heterocycles. The molecule has 13 nitrogen and oxygen atoms in total. The molecule has 52 heavy (non-hydrogen) atoms. The maximum atomic E-state index is 13.2. The number of carbonyl (C=O) groups excluding carboxylic acids is 1. The van der Waals surface area contributed by atoms with Gasteiger partial charge in [-0.1, -0.05) is 54.6 Å². The van der Waals surface area contributed by atoms with E-state index in [9.17, 15) is 18.5 Å². The molecule has 5 heterocycles. The topological polar surface area (TPSA) is 153 Å². The number of carbonyl (C=O) groups is 1. The Morgan fingerprint density at radius 1 is 1.04 bits per heavy atom. The summed E-state index contributed by atoms with van der Waals surface area (Å²) in [6, 6.07) is 21.4. The summed E-state index contributed by atoms with van der Waals surface area (Å²) < 4.78 is 46.1. The predicted molar refractivity (Wildman–Crippen MR) is 192 cm³/mol. The highest BCUT2D eigenvalue weighted by Crippen LogP contribution is 2.42. The largest absolute Gasteiger partial charge is 0.469 e. The van der Waals surface area contributed by atoms with Crippen molar-refractivity contribution >= 4 is 43.4 Å². The molecule has 3 aliphatic rings. The van der Waals surface area contributed by atoms with Crippen LogP contribution in [0, 0.1) is 11.3 Å². The molecule has 5 aromatic rings. The van der Waals surface area contributed by atoms with Crippen molar-refractivity contribution in [2.75, 3.05) is 37.4 Å². The van der Waals surface area contributed by atoms with Gasteiger partial charge in [-0.15, -0.1) is 0 Å². The summed E-state index contributed by atoms with van der Waals surface area (Å²) in [5.41, 5.74) is 3.52. The molecule has 8 rings (SSSR count). The van der Waals surface area contributed by atoms with E-state index < -0.39 is 28.1 Å². The molecular formula is C38H39N7O6S. The maximum Gasteiger partial charge on any atom is 0.410 e. The lowest BCUT2D eigenvalue weighted by Gasteiger charge is -2.41. The molecule has 1 amide bonds. The Bertz CT molecular complexity index is 2280. The third-order valence-electron chi connectivity index (χ3n) is 10.1. The standard InChI is InChI=1S/C38H39N7O6S/c1-52(47,48)37-41-35(43-19-20-44(27(23-43)17-18-39)38(46)50-24-25-8-3-2-4-9-25)29-14-16-32(51-36(29)42-37)28-11-7-10-26-13-15-31-30(34(26)28)22-40-45(31)33-12-5-6-21-49-33/h2-4,7-11,13,15,22,27,32-33H,5-6,12,14,16-17,19-21,23-24H2,1H3/t27-,32?,33?/m0/s1. The number of hydrogen-bond donors (Lipinski definition) is 0. The SMILES string of the molecule is CS(=O)(=O)c1nc2c(c(N3CCN(C(=O)OCc4ccccc4)[C@@H](CC#N)C3)n1)CCC(c1cccc3ccc4c(cnn4C4CCCCO4)c13)O2. The van der Waals surface area contributed by atoms with Crippen LogP contribution >= 0.6 is 0 Å². The summed E-state index contributed by atoms with van der Waals surface area (Å²) >= 11 is 0. The minimum absolute atomic E-state index is 0.0702. The number of aromatic nitrogens is 4. The van der Waals surface area contributed by atoms with Crippen LogP contribution in [0.1, 0.15) is 61.1 Å². The lowest BCUT2D eigenvalue weighted by Crippen LogP contribution is -2.55. The first-order valence-electron chi connectivity index (χ1n) is 17.7. The Morgan fingerprint density at radius 3 is 2.69 bits per heavy atom. The van der Waals surface area contributed by atoms with Gasteiger partial charge in [-0.05, 0) is 54.5 Å². The second-order valence-electron chi connectivity index (χ2n) is 13.6. The number of amides is 1.